The summed E-state index contributed by atoms with van der Waals surface area (Å²) in [5, 5.41) is 3.48. The smallest absolute Gasteiger partial charge is 0.122 e. The van der Waals surface area contributed by atoms with Gasteiger partial charge in [-0.05, 0) is 32.4 Å². The van der Waals surface area contributed by atoms with E-state index in [0.717, 1.165) is 42.3 Å². The molecule has 1 N–H and O–H groups in total. The molecule has 0 amide bonds. The second kappa shape index (κ2) is 7.10. The van der Waals surface area contributed by atoms with Gasteiger partial charge in [-0.3, -0.25) is 4.98 Å². The van der Waals surface area contributed by atoms with Crippen LogP contribution in [0.2, 0.25) is 0 Å². The first kappa shape index (κ1) is 14.6. The molecule has 2 aromatic heterocycles. The van der Waals surface area contributed by atoms with Gasteiger partial charge in [0.1, 0.15) is 11.5 Å². The fraction of sp³-hybridized carbons (Fsp3) is 0.438. The first-order valence-electron chi connectivity index (χ1n) is 6.94. The average Bonchev–Trinajstić information content (AvgIpc) is 2.95. The first-order valence-corrected chi connectivity index (χ1v) is 6.94. The molecule has 4 heteroatoms. The van der Waals surface area contributed by atoms with Gasteiger partial charge in [-0.15, -0.1) is 0 Å². The number of nitrogens with one attached hydrogen (secondary N) is 1. The van der Waals surface area contributed by atoms with Crippen molar-refractivity contribution in [2.75, 3.05) is 7.11 Å². The van der Waals surface area contributed by atoms with Crippen molar-refractivity contribution in [2.45, 2.75) is 39.3 Å². The highest BCUT2D eigenvalue weighted by Crippen LogP contribution is 2.13. The number of nitrogens with zero attached hydrogens (tertiary/aromatic N) is 1. The Morgan fingerprint density at radius 2 is 2.25 bits per heavy atom. The van der Waals surface area contributed by atoms with E-state index in [4.69, 9.17) is 9.15 Å². The molecule has 4 nitrogen and oxygen atoms in total. The molecule has 0 fully saturated rings. The first-order chi connectivity index (χ1) is 9.67. The van der Waals surface area contributed by atoms with Crippen molar-refractivity contribution in [3.05, 3.63) is 47.7 Å². The van der Waals surface area contributed by atoms with E-state index in [2.05, 4.69) is 17.2 Å². The summed E-state index contributed by atoms with van der Waals surface area (Å²) in [6, 6.07) is 8.26. The van der Waals surface area contributed by atoms with Gasteiger partial charge in [0.25, 0.3) is 0 Å². The number of rotatable bonds is 7. The third-order valence-corrected chi connectivity index (χ3v) is 3.25. The Balaban J connectivity index is 1.80. The predicted octanol–water partition coefficient (Wildman–Crippen LogP) is 3.10. The molecule has 0 bridgehead atoms. The van der Waals surface area contributed by atoms with Gasteiger partial charge in [0.05, 0.1) is 19.1 Å². The molecule has 0 aromatic carbocycles. The molecular weight excluding hydrogens is 252 g/mol. The van der Waals surface area contributed by atoms with Crippen LogP contribution in [0.5, 0.6) is 5.75 Å². The number of pyridine rings is 1. The standard InChI is InChI=1S/C16H22N2O2/c1-12(6-7-15-5-4-8-20-15)17-11-14-10-16(19-3)9-13(2)18-14/h4-5,8-10,12,17H,6-7,11H2,1-3H3. The Morgan fingerprint density at radius 1 is 1.40 bits per heavy atom. The maximum absolute atomic E-state index is 5.34. The van der Waals surface area contributed by atoms with Gasteiger partial charge in [-0.2, -0.15) is 0 Å². The molecule has 2 rings (SSSR count). The van der Waals surface area contributed by atoms with Gasteiger partial charge < -0.3 is 14.5 Å². The lowest BCUT2D eigenvalue weighted by Crippen LogP contribution is -2.26. The van der Waals surface area contributed by atoms with Crippen molar-refractivity contribution in [3.63, 3.8) is 0 Å². The molecule has 20 heavy (non-hydrogen) atoms. The highest BCUT2D eigenvalue weighted by molar-refractivity contribution is 5.26. The van der Waals surface area contributed by atoms with Crippen LogP contribution in [0.3, 0.4) is 0 Å². The molecule has 0 radical (unpaired) electrons. The van der Waals surface area contributed by atoms with E-state index in [9.17, 15) is 0 Å². The molecule has 2 heterocycles. The minimum absolute atomic E-state index is 0.411. The van der Waals surface area contributed by atoms with Crippen molar-refractivity contribution < 1.29 is 9.15 Å². The molecule has 2 aromatic rings. The van der Waals surface area contributed by atoms with E-state index in [1.807, 2.05) is 31.2 Å². The van der Waals surface area contributed by atoms with Crippen molar-refractivity contribution in [1.29, 1.82) is 0 Å². The summed E-state index contributed by atoms with van der Waals surface area (Å²) in [7, 11) is 1.68. The van der Waals surface area contributed by atoms with Crippen LogP contribution < -0.4 is 10.1 Å². The summed E-state index contributed by atoms with van der Waals surface area (Å²) in [6.07, 6.45) is 3.71. The quantitative estimate of drug-likeness (QED) is 0.842. The van der Waals surface area contributed by atoms with Crippen LogP contribution >= 0.6 is 0 Å². The van der Waals surface area contributed by atoms with Crippen LogP contribution in [0.1, 0.15) is 30.5 Å². The summed E-state index contributed by atoms with van der Waals surface area (Å²) in [6.45, 7) is 4.90. The Bertz CT molecular complexity index is 523. The zero-order valence-electron chi connectivity index (χ0n) is 12.3. The van der Waals surface area contributed by atoms with Gasteiger partial charge in [0.2, 0.25) is 0 Å². The highest BCUT2D eigenvalue weighted by Gasteiger charge is 2.06. The summed E-state index contributed by atoms with van der Waals surface area (Å²) in [4.78, 5) is 4.50. The fourth-order valence-corrected chi connectivity index (χ4v) is 2.11. The maximum Gasteiger partial charge on any atom is 0.122 e. The summed E-state index contributed by atoms with van der Waals surface area (Å²) in [5.41, 5.74) is 1.98. The number of aromatic nitrogens is 1. The molecule has 0 spiro atoms. The molecule has 1 unspecified atom stereocenters. The third kappa shape index (κ3) is 4.38. The molecule has 0 aliphatic heterocycles. The van der Waals surface area contributed by atoms with E-state index < -0.39 is 0 Å². The molecule has 0 aliphatic carbocycles. The second-order valence-electron chi connectivity index (χ2n) is 5.04. The van der Waals surface area contributed by atoms with Gasteiger partial charge in [0.15, 0.2) is 0 Å². The number of ether oxygens (including phenoxy) is 1. The Hall–Kier alpha value is -1.81. The predicted molar refractivity (Wildman–Crippen MR) is 78.9 cm³/mol. The van der Waals surface area contributed by atoms with Crippen LogP contribution in [-0.4, -0.2) is 18.1 Å². The number of hydrogen-bond acceptors (Lipinski definition) is 4. The Labute approximate surface area is 120 Å². The van der Waals surface area contributed by atoms with E-state index in [1.165, 1.54) is 0 Å². The van der Waals surface area contributed by atoms with Crippen molar-refractivity contribution in [1.82, 2.24) is 10.3 Å². The normalized spacial score (nSPS) is 12.3. The van der Waals surface area contributed by atoms with Gasteiger partial charge in [-0.25, -0.2) is 0 Å². The minimum Gasteiger partial charge on any atom is -0.497 e. The Morgan fingerprint density at radius 3 is 2.95 bits per heavy atom. The van der Waals surface area contributed by atoms with E-state index in [1.54, 1.807) is 13.4 Å². The monoisotopic (exact) mass is 274 g/mol. The summed E-state index contributed by atoms with van der Waals surface area (Å²) < 4.78 is 10.6. The number of methoxy groups -OCH3 is 1. The lowest BCUT2D eigenvalue weighted by molar-refractivity contribution is 0.412. The highest BCUT2D eigenvalue weighted by atomic mass is 16.5. The largest absolute Gasteiger partial charge is 0.497 e. The van der Waals surface area contributed by atoms with Crippen molar-refractivity contribution >= 4 is 0 Å². The van der Waals surface area contributed by atoms with Crippen LogP contribution in [0.4, 0.5) is 0 Å². The molecule has 1 atom stereocenters. The summed E-state index contributed by atoms with van der Waals surface area (Å²) >= 11 is 0. The van der Waals surface area contributed by atoms with Gasteiger partial charge in [0, 0.05) is 36.8 Å². The number of aryl methyl sites for hydroxylation is 2. The molecule has 108 valence electrons. The molecule has 0 aliphatic rings. The molecule has 0 saturated heterocycles. The second-order valence-corrected chi connectivity index (χ2v) is 5.04. The lowest BCUT2D eigenvalue weighted by Gasteiger charge is -2.13. The topological polar surface area (TPSA) is 47.3 Å². The number of furan rings is 1. The SMILES string of the molecule is COc1cc(C)nc(CNC(C)CCc2ccco2)c1. The van der Waals surface area contributed by atoms with Crippen LogP contribution in [0.25, 0.3) is 0 Å². The molecular formula is C16H22N2O2. The van der Waals surface area contributed by atoms with Gasteiger partial charge >= 0.3 is 0 Å². The zero-order chi connectivity index (χ0) is 14.4. The lowest BCUT2D eigenvalue weighted by atomic mass is 10.1. The van der Waals surface area contributed by atoms with Crippen LogP contribution in [-0.2, 0) is 13.0 Å². The zero-order valence-corrected chi connectivity index (χ0v) is 12.3. The minimum atomic E-state index is 0.411. The van der Waals surface area contributed by atoms with E-state index >= 15 is 0 Å². The Kier molecular flexibility index (Phi) is 5.18. The van der Waals surface area contributed by atoms with E-state index in [0.29, 0.717) is 6.04 Å². The van der Waals surface area contributed by atoms with Crippen LogP contribution in [0.15, 0.2) is 34.9 Å². The van der Waals surface area contributed by atoms with Crippen LogP contribution in [0, 0.1) is 6.92 Å². The summed E-state index contributed by atoms with van der Waals surface area (Å²) in [5.74, 6) is 1.89. The van der Waals surface area contributed by atoms with Gasteiger partial charge in [-0.1, -0.05) is 0 Å². The van der Waals surface area contributed by atoms with E-state index in [-0.39, 0.29) is 0 Å². The molecule has 0 saturated carbocycles. The van der Waals surface area contributed by atoms with Crippen molar-refractivity contribution in [3.8, 4) is 5.75 Å². The number of hydrogen-bond donors (Lipinski definition) is 1. The fourth-order valence-electron chi connectivity index (χ4n) is 2.11. The van der Waals surface area contributed by atoms with Crippen molar-refractivity contribution in [2.24, 2.45) is 0 Å². The maximum atomic E-state index is 5.34. The average molecular weight is 274 g/mol. The third-order valence-electron chi connectivity index (χ3n) is 3.25.